The van der Waals surface area contributed by atoms with Crippen molar-refractivity contribution >= 4 is 5.91 Å². The predicted octanol–water partition coefficient (Wildman–Crippen LogP) is 0.589. The number of amides is 1. The van der Waals surface area contributed by atoms with Gasteiger partial charge in [0, 0.05) is 39.8 Å². The molecule has 5 nitrogen and oxygen atoms in total. The Labute approximate surface area is 102 Å². The lowest BCUT2D eigenvalue weighted by molar-refractivity contribution is 0.0825. The van der Waals surface area contributed by atoms with Gasteiger partial charge in [0.05, 0.1) is 11.3 Å². The first-order chi connectivity index (χ1) is 8.09. The van der Waals surface area contributed by atoms with Gasteiger partial charge in [-0.3, -0.25) is 9.48 Å². The van der Waals surface area contributed by atoms with E-state index >= 15 is 0 Å². The third-order valence-corrected chi connectivity index (χ3v) is 3.18. The quantitative estimate of drug-likeness (QED) is 0.817. The average Bonchev–Trinajstić information content (AvgIpc) is 2.71. The van der Waals surface area contributed by atoms with Crippen LogP contribution in [-0.2, 0) is 7.05 Å². The molecule has 0 aromatic carbocycles. The number of carbonyl (C=O) groups excluding carboxylic acids is 1. The summed E-state index contributed by atoms with van der Waals surface area (Å²) in [6, 6.07) is 0. The molecule has 1 aliphatic rings. The van der Waals surface area contributed by atoms with E-state index in [-0.39, 0.29) is 5.91 Å². The third-order valence-electron chi connectivity index (χ3n) is 3.18. The Balaban J connectivity index is 2.29. The molecule has 0 aliphatic carbocycles. The maximum absolute atomic E-state index is 12.1. The van der Waals surface area contributed by atoms with Crippen molar-refractivity contribution in [2.24, 2.45) is 7.05 Å². The molecule has 1 amide bonds. The summed E-state index contributed by atoms with van der Waals surface area (Å²) in [7, 11) is 5.42. The molecule has 1 saturated heterocycles. The zero-order chi connectivity index (χ0) is 12.4. The van der Waals surface area contributed by atoms with Crippen molar-refractivity contribution in [2.45, 2.75) is 18.8 Å². The fraction of sp³-hybridized carbons (Fsp3) is 0.667. The van der Waals surface area contributed by atoms with Gasteiger partial charge in [-0.25, -0.2) is 0 Å². The summed E-state index contributed by atoms with van der Waals surface area (Å²) in [5.41, 5.74) is 1.68. The molecule has 1 aromatic heterocycles. The van der Waals surface area contributed by atoms with Crippen LogP contribution < -0.4 is 5.32 Å². The van der Waals surface area contributed by atoms with E-state index in [9.17, 15) is 4.79 Å². The number of hydrogen-bond donors (Lipinski definition) is 1. The number of carbonyl (C=O) groups is 1. The van der Waals surface area contributed by atoms with Crippen LogP contribution in [-0.4, -0.2) is 47.8 Å². The highest BCUT2D eigenvalue weighted by Crippen LogP contribution is 2.25. The van der Waals surface area contributed by atoms with Crippen LogP contribution in [0.25, 0.3) is 0 Å². The Kier molecular flexibility index (Phi) is 3.47. The van der Waals surface area contributed by atoms with Crippen LogP contribution in [0.1, 0.15) is 34.8 Å². The summed E-state index contributed by atoms with van der Waals surface area (Å²) in [6.07, 6.45) is 4.08. The summed E-state index contributed by atoms with van der Waals surface area (Å²) in [5, 5.41) is 7.83. The molecular formula is C12H20N4O. The Morgan fingerprint density at radius 3 is 2.94 bits per heavy atom. The Morgan fingerprint density at radius 2 is 2.35 bits per heavy atom. The van der Waals surface area contributed by atoms with Crippen LogP contribution in [0.5, 0.6) is 0 Å². The molecule has 1 atom stereocenters. The minimum absolute atomic E-state index is 0.0404. The van der Waals surface area contributed by atoms with Crippen molar-refractivity contribution in [3.8, 4) is 0 Å². The Bertz CT molecular complexity index is 405. The van der Waals surface area contributed by atoms with E-state index in [0.29, 0.717) is 5.92 Å². The molecule has 17 heavy (non-hydrogen) atoms. The van der Waals surface area contributed by atoms with E-state index in [1.54, 1.807) is 23.7 Å². The largest absolute Gasteiger partial charge is 0.345 e. The molecule has 0 spiro atoms. The lowest BCUT2D eigenvalue weighted by Gasteiger charge is -2.22. The second-order valence-electron chi connectivity index (χ2n) is 4.84. The fourth-order valence-corrected chi connectivity index (χ4v) is 2.30. The smallest absolute Gasteiger partial charge is 0.256 e. The summed E-state index contributed by atoms with van der Waals surface area (Å²) in [5.74, 6) is 0.405. The van der Waals surface area contributed by atoms with Crippen LogP contribution in [0.15, 0.2) is 6.20 Å². The standard InChI is InChI=1S/C12H20N4O/c1-15(2)12(17)10-8-16(3)14-11(10)9-5-4-6-13-7-9/h8-9,13H,4-7H2,1-3H3. The maximum atomic E-state index is 12.1. The summed E-state index contributed by atoms with van der Waals surface area (Å²) in [6.45, 7) is 1.99. The van der Waals surface area contributed by atoms with Gasteiger partial charge in [0.25, 0.3) is 5.91 Å². The molecule has 2 heterocycles. The third kappa shape index (κ3) is 2.49. The van der Waals surface area contributed by atoms with Gasteiger partial charge in [0.1, 0.15) is 0 Å². The lowest BCUT2D eigenvalue weighted by Crippen LogP contribution is -2.30. The maximum Gasteiger partial charge on any atom is 0.256 e. The van der Waals surface area contributed by atoms with Crippen molar-refractivity contribution < 1.29 is 4.79 Å². The highest BCUT2D eigenvalue weighted by molar-refractivity contribution is 5.95. The number of rotatable bonds is 2. The van der Waals surface area contributed by atoms with Crippen molar-refractivity contribution in [1.82, 2.24) is 20.0 Å². The first-order valence-corrected chi connectivity index (χ1v) is 6.05. The Hall–Kier alpha value is -1.36. The van der Waals surface area contributed by atoms with E-state index in [2.05, 4.69) is 10.4 Å². The predicted molar refractivity (Wildman–Crippen MR) is 66.1 cm³/mol. The van der Waals surface area contributed by atoms with Crippen molar-refractivity contribution in [2.75, 3.05) is 27.2 Å². The molecular weight excluding hydrogens is 216 g/mol. The van der Waals surface area contributed by atoms with Crippen LogP contribution in [0.4, 0.5) is 0 Å². The van der Waals surface area contributed by atoms with Crippen LogP contribution >= 0.6 is 0 Å². The first kappa shape index (κ1) is 12.1. The van der Waals surface area contributed by atoms with Crippen molar-refractivity contribution in [1.29, 1.82) is 0 Å². The number of aromatic nitrogens is 2. The van der Waals surface area contributed by atoms with Crippen LogP contribution in [0.2, 0.25) is 0 Å². The first-order valence-electron chi connectivity index (χ1n) is 6.05. The Morgan fingerprint density at radius 1 is 1.59 bits per heavy atom. The summed E-state index contributed by atoms with van der Waals surface area (Å²) in [4.78, 5) is 13.7. The topological polar surface area (TPSA) is 50.2 Å². The van der Waals surface area contributed by atoms with Gasteiger partial charge in [-0.1, -0.05) is 0 Å². The normalized spacial score (nSPS) is 20.3. The molecule has 0 radical (unpaired) electrons. The molecule has 2 rings (SSSR count). The molecule has 1 unspecified atom stereocenters. The summed E-state index contributed by atoms with van der Waals surface area (Å²) < 4.78 is 1.74. The lowest BCUT2D eigenvalue weighted by atomic mass is 9.93. The van der Waals surface area contributed by atoms with Gasteiger partial charge in [0.2, 0.25) is 0 Å². The highest BCUT2D eigenvalue weighted by atomic mass is 16.2. The minimum Gasteiger partial charge on any atom is -0.345 e. The van der Waals surface area contributed by atoms with Gasteiger partial charge in [-0.15, -0.1) is 0 Å². The summed E-state index contributed by atoms with van der Waals surface area (Å²) >= 11 is 0. The molecule has 0 bridgehead atoms. The minimum atomic E-state index is 0.0404. The van der Waals surface area contributed by atoms with E-state index in [1.165, 1.54) is 0 Å². The zero-order valence-corrected chi connectivity index (χ0v) is 10.7. The molecule has 1 N–H and O–H groups in total. The van der Waals surface area contributed by atoms with Gasteiger partial charge in [0.15, 0.2) is 0 Å². The second-order valence-corrected chi connectivity index (χ2v) is 4.84. The van der Waals surface area contributed by atoms with E-state index < -0.39 is 0 Å². The highest BCUT2D eigenvalue weighted by Gasteiger charge is 2.25. The zero-order valence-electron chi connectivity index (χ0n) is 10.7. The van der Waals surface area contributed by atoms with Gasteiger partial charge in [-0.2, -0.15) is 5.10 Å². The number of nitrogens with one attached hydrogen (secondary N) is 1. The molecule has 1 aliphatic heterocycles. The van der Waals surface area contributed by atoms with Crippen molar-refractivity contribution in [3.63, 3.8) is 0 Å². The van der Waals surface area contributed by atoms with Gasteiger partial charge in [-0.05, 0) is 19.4 Å². The number of nitrogens with zero attached hydrogens (tertiary/aromatic N) is 3. The molecule has 5 heteroatoms. The van der Waals surface area contributed by atoms with Gasteiger partial charge < -0.3 is 10.2 Å². The molecule has 1 fully saturated rings. The van der Waals surface area contributed by atoms with E-state index in [0.717, 1.165) is 37.2 Å². The molecule has 94 valence electrons. The fourth-order valence-electron chi connectivity index (χ4n) is 2.30. The SMILES string of the molecule is CN(C)C(=O)c1cn(C)nc1C1CCCNC1. The van der Waals surface area contributed by atoms with Gasteiger partial charge >= 0.3 is 0 Å². The van der Waals surface area contributed by atoms with E-state index in [1.807, 2.05) is 13.2 Å². The van der Waals surface area contributed by atoms with E-state index in [4.69, 9.17) is 0 Å². The number of hydrogen-bond acceptors (Lipinski definition) is 3. The monoisotopic (exact) mass is 236 g/mol. The number of piperidine rings is 1. The molecule has 0 saturated carbocycles. The molecule has 1 aromatic rings. The van der Waals surface area contributed by atoms with Crippen molar-refractivity contribution in [3.05, 3.63) is 17.5 Å². The average molecular weight is 236 g/mol. The van der Waals surface area contributed by atoms with Crippen LogP contribution in [0, 0.1) is 0 Å². The van der Waals surface area contributed by atoms with Crippen LogP contribution in [0.3, 0.4) is 0 Å². The second kappa shape index (κ2) is 4.87. The number of aryl methyl sites for hydroxylation is 1.